The normalized spacial score (nSPS) is 15.2. The van der Waals surface area contributed by atoms with Crippen LogP contribution in [0.3, 0.4) is 0 Å². The van der Waals surface area contributed by atoms with Crippen LogP contribution in [0.1, 0.15) is 16.8 Å². The second-order valence-corrected chi connectivity index (χ2v) is 6.09. The third kappa shape index (κ3) is 3.15. The van der Waals surface area contributed by atoms with Crippen molar-refractivity contribution in [1.82, 2.24) is 20.1 Å². The molecule has 1 fully saturated rings. The lowest BCUT2D eigenvalue weighted by atomic mass is 10.1. The Hall–Kier alpha value is -3.02. The van der Waals surface area contributed by atoms with Gasteiger partial charge in [-0.15, -0.1) is 5.10 Å². The second-order valence-electron chi connectivity index (χ2n) is 6.09. The van der Waals surface area contributed by atoms with Crippen molar-refractivity contribution in [3.05, 3.63) is 60.4 Å². The van der Waals surface area contributed by atoms with Crippen molar-refractivity contribution in [2.75, 3.05) is 31.1 Å². The van der Waals surface area contributed by atoms with E-state index in [1.807, 2.05) is 47.4 Å². The summed E-state index contributed by atoms with van der Waals surface area (Å²) < 4.78 is 0. The van der Waals surface area contributed by atoms with Crippen molar-refractivity contribution in [2.24, 2.45) is 0 Å². The predicted molar refractivity (Wildman–Crippen MR) is 96.5 cm³/mol. The Kier molecular flexibility index (Phi) is 4.24. The summed E-state index contributed by atoms with van der Waals surface area (Å²) in [6.45, 7) is 3.05. The molecule has 0 saturated carbocycles. The Morgan fingerprint density at radius 1 is 0.920 bits per heavy atom. The van der Waals surface area contributed by atoms with Gasteiger partial charge in [-0.05, 0) is 36.8 Å². The van der Waals surface area contributed by atoms with Gasteiger partial charge in [-0.3, -0.25) is 9.78 Å². The molecule has 25 heavy (non-hydrogen) atoms. The number of aromatic nitrogens is 3. The number of hydrogen-bond acceptors (Lipinski definition) is 5. The standard InChI is InChI=1S/C19H19N5O/c25-19(16-5-1-7-17-15(16)6-2-9-20-17)24-12-4-11-23(13-14-24)18-8-3-10-21-22-18/h1-3,5-10H,4,11-14H2. The number of nitrogens with zero attached hydrogens (tertiary/aromatic N) is 5. The number of benzene rings is 1. The van der Waals surface area contributed by atoms with Crippen molar-refractivity contribution < 1.29 is 4.79 Å². The number of pyridine rings is 1. The lowest BCUT2D eigenvalue weighted by Crippen LogP contribution is -2.35. The van der Waals surface area contributed by atoms with Gasteiger partial charge in [0.25, 0.3) is 5.91 Å². The van der Waals surface area contributed by atoms with E-state index >= 15 is 0 Å². The molecule has 1 amide bonds. The molecule has 1 saturated heterocycles. The Labute approximate surface area is 146 Å². The molecule has 6 nitrogen and oxygen atoms in total. The number of hydrogen-bond donors (Lipinski definition) is 0. The van der Waals surface area contributed by atoms with Gasteiger partial charge < -0.3 is 9.80 Å². The summed E-state index contributed by atoms with van der Waals surface area (Å²) >= 11 is 0. The van der Waals surface area contributed by atoms with Crippen LogP contribution >= 0.6 is 0 Å². The molecule has 1 aromatic carbocycles. The fourth-order valence-corrected chi connectivity index (χ4v) is 3.27. The largest absolute Gasteiger partial charge is 0.353 e. The van der Waals surface area contributed by atoms with E-state index in [9.17, 15) is 4.79 Å². The first-order valence-electron chi connectivity index (χ1n) is 8.48. The Morgan fingerprint density at radius 2 is 1.84 bits per heavy atom. The quantitative estimate of drug-likeness (QED) is 0.720. The van der Waals surface area contributed by atoms with Gasteiger partial charge in [0, 0.05) is 49.5 Å². The second kappa shape index (κ2) is 6.84. The number of rotatable bonds is 2. The maximum absolute atomic E-state index is 13.1. The molecule has 3 aromatic rings. The molecule has 0 unspecified atom stereocenters. The van der Waals surface area contributed by atoms with E-state index in [2.05, 4.69) is 20.1 Å². The van der Waals surface area contributed by atoms with Gasteiger partial charge in [-0.1, -0.05) is 12.1 Å². The summed E-state index contributed by atoms with van der Waals surface area (Å²) in [4.78, 5) is 21.5. The van der Waals surface area contributed by atoms with Gasteiger partial charge in [0.2, 0.25) is 0 Å². The molecule has 2 aromatic heterocycles. The van der Waals surface area contributed by atoms with E-state index in [-0.39, 0.29) is 5.91 Å². The monoisotopic (exact) mass is 333 g/mol. The zero-order valence-corrected chi connectivity index (χ0v) is 13.9. The fraction of sp³-hybridized carbons (Fsp3) is 0.263. The van der Waals surface area contributed by atoms with Crippen molar-refractivity contribution in [3.63, 3.8) is 0 Å². The van der Waals surface area contributed by atoms with E-state index in [1.54, 1.807) is 12.4 Å². The summed E-state index contributed by atoms with van der Waals surface area (Å²) in [5.74, 6) is 0.936. The van der Waals surface area contributed by atoms with Crippen molar-refractivity contribution in [1.29, 1.82) is 0 Å². The summed E-state index contributed by atoms with van der Waals surface area (Å²) in [7, 11) is 0. The minimum Gasteiger partial charge on any atom is -0.353 e. The number of fused-ring (bicyclic) bond motifs is 1. The third-order valence-corrected chi connectivity index (χ3v) is 4.54. The van der Waals surface area contributed by atoms with Crippen LogP contribution in [0.15, 0.2) is 54.9 Å². The molecule has 0 aliphatic carbocycles. The van der Waals surface area contributed by atoms with Gasteiger partial charge in [0.1, 0.15) is 0 Å². The Morgan fingerprint density at radius 3 is 2.72 bits per heavy atom. The van der Waals surface area contributed by atoms with Crippen molar-refractivity contribution in [2.45, 2.75) is 6.42 Å². The molecule has 126 valence electrons. The van der Waals surface area contributed by atoms with Crippen LogP contribution in [0.5, 0.6) is 0 Å². The van der Waals surface area contributed by atoms with Crippen LogP contribution < -0.4 is 4.90 Å². The molecule has 1 aliphatic heterocycles. The van der Waals surface area contributed by atoms with E-state index in [4.69, 9.17) is 0 Å². The Bertz CT molecular complexity index is 878. The van der Waals surface area contributed by atoms with E-state index in [0.717, 1.165) is 48.3 Å². The smallest absolute Gasteiger partial charge is 0.254 e. The first-order chi connectivity index (χ1) is 12.3. The number of carbonyl (C=O) groups is 1. The van der Waals surface area contributed by atoms with E-state index < -0.39 is 0 Å². The highest BCUT2D eigenvalue weighted by molar-refractivity contribution is 6.06. The lowest BCUT2D eigenvalue weighted by molar-refractivity contribution is 0.0769. The zero-order valence-electron chi connectivity index (χ0n) is 13.9. The average molecular weight is 333 g/mol. The molecule has 0 bridgehead atoms. The summed E-state index contributed by atoms with van der Waals surface area (Å²) in [6, 6.07) is 13.4. The zero-order chi connectivity index (χ0) is 17.1. The SMILES string of the molecule is O=C(c1cccc2ncccc12)N1CCCN(c2cccnn2)CC1. The number of anilines is 1. The van der Waals surface area contributed by atoms with Crippen molar-refractivity contribution in [3.8, 4) is 0 Å². The van der Waals surface area contributed by atoms with Gasteiger partial charge in [-0.25, -0.2) is 0 Å². The molecule has 1 aliphatic rings. The maximum atomic E-state index is 13.1. The summed E-state index contributed by atoms with van der Waals surface area (Å²) in [5, 5.41) is 9.03. The van der Waals surface area contributed by atoms with Crippen LogP contribution in [-0.2, 0) is 0 Å². The van der Waals surface area contributed by atoms with Crippen molar-refractivity contribution >= 4 is 22.6 Å². The van der Waals surface area contributed by atoms with Gasteiger partial charge in [0.05, 0.1) is 5.52 Å². The minimum absolute atomic E-state index is 0.0691. The molecule has 6 heteroatoms. The van der Waals surface area contributed by atoms with Gasteiger partial charge in [0.15, 0.2) is 5.82 Å². The minimum atomic E-state index is 0.0691. The number of amides is 1. The van der Waals surface area contributed by atoms with Gasteiger partial charge >= 0.3 is 0 Å². The average Bonchev–Trinajstić information content (AvgIpc) is 2.94. The third-order valence-electron chi connectivity index (χ3n) is 4.54. The predicted octanol–water partition coefficient (Wildman–Crippen LogP) is 2.38. The van der Waals surface area contributed by atoms with E-state index in [1.165, 1.54) is 0 Å². The highest BCUT2D eigenvalue weighted by Crippen LogP contribution is 2.20. The van der Waals surface area contributed by atoms with Crippen LogP contribution in [0, 0.1) is 0 Å². The molecule has 0 N–H and O–H groups in total. The molecule has 0 atom stereocenters. The van der Waals surface area contributed by atoms with Crippen LogP contribution in [0.2, 0.25) is 0 Å². The van der Waals surface area contributed by atoms with Gasteiger partial charge in [-0.2, -0.15) is 5.10 Å². The van der Waals surface area contributed by atoms with Crippen LogP contribution in [-0.4, -0.2) is 52.2 Å². The molecule has 3 heterocycles. The first-order valence-corrected chi connectivity index (χ1v) is 8.48. The Balaban J connectivity index is 1.55. The van der Waals surface area contributed by atoms with Crippen LogP contribution in [0.4, 0.5) is 5.82 Å². The molecule has 0 spiro atoms. The molecule has 0 radical (unpaired) electrons. The summed E-state index contributed by atoms with van der Waals surface area (Å²) in [6.07, 6.45) is 4.33. The maximum Gasteiger partial charge on any atom is 0.254 e. The highest BCUT2D eigenvalue weighted by Gasteiger charge is 2.22. The summed E-state index contributed by atoms with van der Waals surface area (Å²) in [5.41, 5.74) is 1.57. The lowest BCUT2D eigenvalue weighted by Gasteiger charge is -2.22. The topological polar surface area (TPSA) is 62.2 Å². The van der Waals surface area contributed by atoms with Crippen LogP contribution in [0.25, 0.3) is 10.9 Å². The number of carbonyl (C=O) groups excluding carboxylic acids is 1. The molecule has 4 rings (SSSR count). The molecular weight excluding hydrogens is 314 g/mol. The first kappa shape index (κ1) is 15.5. The van der Waals surface area contributed by atoms with E-state index in [0.29, 0.717) is 6.54 Å². The highest BCUT2D eigenvalue weighted by atomic mass is 16.2. The fourth-order valence-electron chi connectivity index (χ4n) is 3.27. The molecular formula is C19H19N5O.